The maximum atomic E-state index is 13.3. The first-order valence-electron chi connectivity index (χ1n) is 5.57. The second-order valence-corrected chi connectivity index (χ2v) is 4.66. The Morgan fingerprint density at radius 2 is 2.18 bits per heavy atom. The standard InChI is InChI=1S/C12H17F2NOS/c1-2-16-10(8-15)5-6-17-12-7-9(13)3-4-11(12)14/h3-4,7,10H,2,5-6,8,15H2,1H3. The third-order valence-electron chi connectivity index (χ3n) is 2.26. The summed E-state index contributed by atoms with van der Waals surface area (Å²) in [7, 11) is 0. The Labute approximate surface area is 105 Å². The van der Waals surface area contributed by atoms with Crippen LogP contribution in [-0.2, 0) is 4.74 Å². The molecular formula is C12H17F2NOS. The largest absolute Gasteiger partial charge is 0.377 e. The summed E-state index contributed by atoms with van der Waals surface area (Å²) in [6.07, 6.45) is 0.717. The number of halogens is 2. The molecule has 96 valence electrons. The average molecular weight is 261 g/mol. The predicted octanol–water partition coefficient (Wildman–Crippen LogP) is 2.81. The highest BCUT2D eigenvalue weighted by molar-refractivity contribution is 7.99. The zero-order valence-electron chi connectivity index (χ0n) is 9.79. The normalized spacial score (nSPS) is 12.7. The van der Waals surface area contributed by atoms with Crippen LogP contribution in [0.1, 0.15) is 13.3 Å². The van der Waals surface area contributed by atoms with Crippen LogP contribution >= 0.6 is 11.8 Å². The molecule has 2 N–H and O–H groups in total. The maximum Gasteiger partial charge on any atom is 0.136 e. The monoisotopic (exact) mass is 261 g/mol. The van der Waals surface area contributed by atoms with Gasteiger partial charge in [-0.25, -0.2) is 8.78 Å². The van der Waals surface area contributed by atoms with Gasteiger partial charge in [0.2, 0.25) is 0 Å². The average Bonchev–Trinajstić information content (AvgIpc) is 2.32. The number of rotatable bonds is 7. The van der Waals surface area contributed by atoms with Crippen molar-refractivity contribution in [1.82, 2.24) is 0 Å². The zero-order chi connectivity index (χ0) is 12.7. The van der Waals surface area contributed by atoms with E-state index in [1.165, 1.54) is 17.8 Å². The first-order chi connectivity index (χ1) is 8.17. The smallest absolute Gasteiger partial charge is 0.136 e. The molecule has 0 fully saturated rings. The van der Waals surface area contributed by atoms with Crippen molar-refractivity contribution in [3.8, 4) is 0 Å². The quantitative estimate of drug-likeness (QED) is 0.767. The molecular weight excluding hydrogens is 244 g/mol. The van der Waals surface area contributed by atoms with E-state index < -0.39 is 11.6 Å². The number of hydrogen-bond donors (Lipinski definition) is 1. The lowest BCUT2D eigenvalue weighted by Gasteiger charge is -2.14. The summed E-state index contributed by atoms with van der Waals surface area (Å²) in [6.45, 7) is 2.96. The van der Waals surface area contributed by atoms with Crippen molar-refractivity contribution < 1.29 is 13.5 Å². The molecule has 5 heteroatoms. The van der Waals surface area contributed by atoms with Crippen LogP contribution in [0.4, 0.5) is 8.78 Å². The van der Waals surface area contributed by atoms with Gasteiger partial charge in [0.1, 0.15) is 11.6 Å². The second-order valence-electron chi connectivity index (χ2n) is 3.52. The van der Waals surface area contributed by atoms with Crippen LogP contribution in [0.25, 0.3) is 0 Å². The topological polar surface area (TPSA) is 35.2 Å². The fraction of sp³-hybridized carbons (Fsp3) is 0.500. The van der Waals surface area contributed by atoms with Gasteiger partial charge in [-0.1, -0.05) is 0 Å². The van der Waals surface area contributed by atoms with Crippen molar-refractivity contribution >= 4 is 11.8 Å². The van der Waals surface area contributed by atoms with E-state index in [9.17, 15) is 8.78 Å². The van der Waals surface area contributed by atoms with Gasteiger partial charge in [0.25, 0.3) is 0 Å². The second kappa shape index (κ2) is 7.63. The lowest BCUT2D eigenvalue weighted by molar-refractivity contribution is 0.0674. The van der Waals surface area contributed by atoms with Crippen molar-refractivity contribution in [2.45, 2.75) is 24.3 Å². The molecule has 0 spiro atoms. The Balaban J connectivity index is 2.42. The van der Waals surface area contributed by atoms with Gasteiger partial charge in [-0.05, 0) is 31.5 Å². The highest BCUT2D eigenvalue weighted by atomic mass is 32.2. The molecule has 1 unspecified atom stereocenters. The summed E-state index contributed by atoms with van der Waals surface area (Å²) in [6, 6.07) is 3.46. The van der Waals surface area contributed by atoms with Gasteiger partial charge in [0.15, 0.2) is 0 Å². The fourth-order valence-electron chi connectivity index (χ4n) is 1.39. The molecule has 1 rings (SSSR count). The Morgan fingerprint density at radius 1 is 1.41 bits per heavy atom. The van der Waals surface area contributed by atoms with Crippen molar-refractivity contribution in [3.05, 3.63) is 29.8 Å². The molecule has 0 saturated heterocycles. The number of hydrogen-bond acceptors (Lipinski definition) is 3. The highest BCUT2D eigenvalue weighted by Gasteiger charge is 2.08. The Morgan fingerprint density at radius 3 is 2.82 bits per heavy atom. The number of nitrogens with two attached hydrogens (primary N) is 1. The van der Waals surface area contributed by atoms with Crippen LogP contribution in [0.15, 0.2) is 23.1 Å². The van der Waals surface area contributed by atoms with Gasteiger partial charge in [0.05, 0.1) is 6.10 Å². The van der Waals surface area contributed by atoms with Crippen LogP contribution in [0, 0.1) is 11.6 Å². The number of ether oxygens (including phenoxy) is 1. The van der Waals surface area contributed by atoms with Gasteiger partial charge in [-0.3, -0.25) is 0 Å². The summed E-state index contributed by atoms with van der Waals surface area (Å²) in [5.41, 5.74) is 5.52. The first kappa shape index (κ1) is 14.4. The Hall–Kier alpha value is -0.650. The van der Waals surface area contributed by atoms with E-state index in [0.717, 1.165) is 18.6 Å². The summed E-state index contributed by atoms with van der Waals surface area (Å²) in [5, 5.41) is 0. The lowest BCUT2D eigenvalue weighted by Crippen LogP contribution is -2.24. The third-order valence-corrected chi connectivity index (χ3v) is 3.32. The third kappa shape index (κ3) is 5.02. The van der Waals surface area contributed by atoms with Crippen LogP contribution < -0.4 is 5.73 Å². The molecule has 0 saturated carbocycles. The fourth-order valence-corrected chi connectivity index (χ4v) is 2.40. The molecule has 0 aromatic heterocycles. The van der Waals surface area contributed by atoms with E-state index >= 15 is 0 Å². The van der Waals surface area contributed by atoms with Crippen molar-refractivity contribution in [2.75, 3.05) is 18.9 Å². The summed E-state index contributed by atoms with van der Waals surface area (Å²) in [5.74, 6) is -0.159. The van der Waals surface area contributed by atoms with Crippen molar-refractivity contribution in [3.63, 3.8) is 0 Å². The SMILES string of the molecule is CCOC(CN)CCSc1cc(F)ccc1F. The molecule has 1 atom stereocenters. The van der Waals surface area contributed by atoms with E-state index in [4.69, 9.17) is 10.5 Å². The van der Waals surface area contributed by atoms with Gasteiger partial charge in [-0.2, -0.15) is 0 Å². The molecule has 2 nitrogen and oxygen atoms in total. The van der Waals surface area contributed by atoms with Gasteiger partial charge >= 0.3 is 0 Å². The van der Waals surface area contributed by atoms with Crippen LogP contribution in [0.5, 0.6) is 0 Å². The van der Waals surface area contributed by atoms with Crippen LogP contribution in [-0.4, -0.2) is 25.0 Å². The van der Waals surface area contributed by atoms with Gasteiger partial charge < -0.3 is 10.5 Å². The van der Waals surface area contributed by atoms with Crippen LogP contribution in [0.2, 0.25) is 0 Å². The minimum absolute atomic E-state index is 0.0101. The summed E-state index contributed by atoms with van der Waals surface area (Å²) in [4.78, 5) is 0.331. The molecule has 0 aliphatic carbocycles. The molecule has 0 aliphatic heterocycles. The number of thioether (sulfide) groups is 1. The molecule has 0 heterocycles. The molecule has 0 bridgehead atoms. The summed E-state index contributed by atoms with van der Waals surface area (Å²) >= 11 is 1.28. The molecule has 1 aromatic carbocycles. The minimum Gasteiger partial charge on any atom is -0.377 e. The minimum atomic E-state index is -0.422. The van der Waals surface area contributed by atoms with Gasteiger partial charge in [0, 0.05) is 23.8 Å². The van der Waals surface area contributed by atoms with Crippen molar-refractivity contribution in [1.29, 1.82) is 0 Å². The Kier molecular flexibility index (Phi) is 6.47. The van der Waals surface area contributed by atoms with Crippen LogP contribution in [0.3, 0.4) is 0 Å². The zero-order valence-corrected chi connectivity index (χ0v) is 10.6. The maximum absolute atomic E-state index is 13.3. The molecule has 17 heavy (non-hydrogen) atoms. The van der Waals surface area contributed by atoms with E-state index in [1.807, 2.05) is 6.92 Å². The van der Waals surface area contributed by atoms with E-state index in [-0.39, 0.29) is 6.10 Å². The Bertz CT molecular complexity index is 349. The van der Waals surface area contributed by atoms with E-state index in [2.05, 4.69) is 0 Å². The highest BCUT2D eigenvalue weighted by Crippen LogP contribution is 2.23. The molecule has 1 aromatic rings. The first-order valence-corrected chi connectivity index (χ1v) is 6.55. The molecule has 0 amide bonds. The van der Waals surface area contributed by atoms with Gasteiger partial charge in [-0.15, -0.1) is 11.8 Å². The number of benzene rings is 1. The molecule has 0 aliphatic rings. The predicted molar refractivity (Wildman–Crippen MR) is 66.2 cm³/mol. The van der Waals surface area contributed by atoms with E-state index in [0.29, 0.717) is 23.8 Å². The lowest BCUT2D eigenvalue weighted by atomic mass is 10.3. The summed E-state index contributed by atoms with van der Waals surface area (Å²) < 4.78 is 31.6. The van der Waals surface area contributed by atoms with E-state index in [1.54, 1.807) is 0 Å². The molecule has 0 radical (unpaired) electrons. The van der Waals surface area contributed by atoms with Crippen molar-refractivity contribution in [2.24, 2.45) is 5.73 Å².